The minimum atomic E-state index is -3.45. The maximum atomic E-state index is 12.8. The number of benzene rings is 1. The zero-order valence-electron chi connectivity index (χ0n) is 15.9. The van der Waals surface area contributed by atoms with Crippen molar-refractivity contribution < 1.29 is 13.2 Å². The summed E-state index contributed by atoms with van der Waals surface area (Å²) in [6.07, 6.45) is 3.79. The summed E-state index contributed by atoms with van der Waals surface area (Å²) in [7, 11) is -3.45. The summed E-state index contributed by atoms with van der Waals surface area (Å²) in [5.41, 5.74) is 0.961. The van der Waals surface area contributed by atoms with Gasteiger partial charge in [0.2, 0.25) is 5.91 Å². The first-order chi connectivity index (χ1) is 13.4. The van der Waals surface area contributed by atoms with Crippen molar-refractivity contribution in [3.05, 3.63) is 51.9 Å². The van der Waals surface area contributed by atoms with Crippen molar-refractivity contribution in [1.29, 1.82) is 0 Å². The highest BCUT2D eigenvalue weighted by Gasteiger charge is 2.27. The number of hydrogen-bond acceptors (Lipinski definition) is 4. The largest absolute Gasteiger partial charge is 0.349 e. The highest BCUT2D eigenvalue weighted by molar-refractivity contribution is 7.91. The van der Waals surface area contributed by atoms with Gasteiger partial charge in [0.25, 0.3) is 10.0 Å². The predicted molar refractivity (Wildman–Crippen MR) is 113 cm³/mol. The van der Waals surface area contributed by atoms with Crippen LogP contribution in [0, 0.1) is 0 Å². The minimum Gasteiger partial charge on any atom is -0.349 e. The Hall–Kier alpha value is -1.41. The van der Waals surface area contributed by atoms with E-state index >= 15 is 0 Å². The van der Waals surface area contributed by atoms with Crippen LogP contribution in [0.1, 0.15) is 49.1 Å². The molecule has 1 unspecified atom stereocenters. The Morgan fingerprint density at radius 1 is 1.21 bits per heavy atom. The smallest absolute Gasteiger partial charge is 0.252 e. The molecule has 0 spiro atoms. The molecule has 1 N–H and O–H groups in total. The van der Waals surface area contributed by atoms with E-state index in [1.165, 1.54) is 11.3 Å². The van der Waals surface area contributed by atoms with Gasteiger partial charge in [-0.25, -0.2) is 8.42 Å². The minimum absolute atomic E-state index is 0.122. The van der Waals surface area contributed by atoms with Crippen LogP contribution in [0.4, 0.5) is 0 Å². The molecule has 0 saturated carbocycles. The number of carbonyl (C=O) groups is 1. The number of thiophene rings is 1. The molecule has 1 amide bonds. The van der Waals surface area contributed by atoms with E-state index in [1.807, 2.05) is 25.1 Å². The molecule has 1 saturated heterocycles. The first-order valence-electron chi connectivity index (χ1n) is 9.54. The lowest BCUT2D eigenvalue weighted by Crippen LogP contribution is -2.35. The number of amides is 1. The van der Waals surface area contributed by atoms with Crippen LogP contribution in [0.5, 0.6) is 0 Å². The Morgan fingerprint density at radius 2 is 1.96 bits per heavy atom. The molecular weight excluding hydrogens is 416 g/mol. The molecule has 152 valence electrons. The van der Waals surface area contributed by atoms with Gasteiger partial charge in [-0.3, -0.25) is 4.79 Å². The van der Waals surface area contributed by atoms with E-state index in [0.29, 0.717) is 22.3 Å². The van der Waals surface area contributed by atoms with Crippen LogP contribution in [-0.4, -0.2) is 31.7 Å². The molecular formula is C20H25ClN2O3S2. The second-order valence-corrected chi connectivity index (χ2v) is 10.7. The number of hydrogen-bond donors (Lipinski definition) is 1. The third-order valence-electron chi connectivity index (χ3n) is 4.88. The van der Waals surface area contributed by atoms with E-state index in [-0.39, 0.29) is 18.4 Å². The van der Waals surface area contributed by atoms with Gasteiger partial charge in [0.1, 0.15) is 4.21 Å². The maximum Gasteiger partial charge on any atom is 0.252 e. The fraction of sp³-hybridized carbons (Fsp3) is 0.450. The number of piperidine rings is 1. The van der Waals surface area contributed by atoms with Crippen molar-refractivity contribution in [2.45, 2.75) is 49.3 Å². The van der Waals surface area contributed by atoms with Crippen molar-refractivity contribution in [3.63, 3.8) is 0 Å². The monoisotopic (exact) mass is 440 g/mol. The number of sulfonamides is 1. The molecule has 1 aromatic carbocycles. The van der Waals surface area contributed by atoms with Crippen molar-refractivity contribution in [1.82, 2.24) is 9.62 Å². The number of rotatable bonds is 7. The molecule has 5 nitrogen and oxygen atoms in total. The Bertz CT molecular complexity index is 921. The van der Waals surface area contributed by atoms with Gasteiger partial charge < -0.3 is 5.32 Å². The lowest BCUT2D eigenvalue weighted by molar-refractivity contribution is -0.121. The van der Waals surface area contributed by atoms with Gasteiger partial charge in [-0.05, 0) is 49.1 Å². The molecule has 2 heterocycles. The third kappa shape index (κ3) is 5.14. The van der Waals surface area contributed by atoms with Gasteiger partial charge >= 0.3 is 0 Å². The van der Waals surface area contributed by atoms with Crippen LogP contribution in [0.25, 0.3) is 0 Å². The Kier molecular flexibility index (Phi) is 7.15. The molecule has 0 bridgehead atoms. The first-order valence-corrected chi connectivity index (χ1v) is 12.2. The average molecular weight is 441 g/mol. The summed E-state index contributed by atoms with van der Waals surface area (Å²) < 4.78 is 27.4. The van der Waals surface area contributed by atoms with Gasteiger partial charge in [-0.15, -0.1) is 11.3 Å². The molecule has 0 aliphatic carbocycles. The molecule has 1 aromatic heterocycles. The van der Waals surface area contributed by atoms with Crippen LogP contribution >= 0.6 is 22.9 Å². The number of halogens is 1. The van der Waals surface area contributed by atoms with Crippen LogP contribution < -0.4 is 5.32 Å². The van der Waals surface area contributed by atoms with Gasteiger partial charge in [-0.1, -0.05) is 37.1 Å². The molecule has 1 fully saturated rings. The first kappa shape index (κ1) is 21.3. The van der Waals surface area contributed by atoms with E-state index in [1.54, 1.807) is 22.5 Å². The fourth-order valence-corrected chi connectivity index (χ4v) is 6.60. The number of nitrogens with one attached hydrogen (secondary N) is 1. The molecule has 8 heteroatoms. The SMILES string of the molecule is CCC(NC(=O)Cc1ccc(S(=O)(=O)N2CCCCC2)s1)c1cccc(Cl)c1. The quantitative estimate of drug-likeness (QED) is 0.694. The van der Waals surface area contributed by atoms with E-state index in [9.17, 15) is 13.2 Å². The van der Waals surface area contributed by atoms with Crippen molar-refractivity contribution in [3.8, 4) is 0 Å². The normalized spacial score (nSPS) is 16.6. The summed E-state index contributed by atoms with van der Waals surface area (Å²) in [5.74, 6) is -0.129. The van der Waals surface area contributed by atoms with Crippen LogP contribution in [0.2, 0.25) is 5.02 Å². The van der Waals surface area contributed by atoms with Gasteiger partial charge in [0.15, 0.2) is 0 Å². The third-order valence-corrected chi connectivity index (χ3v) is 8.56. The number of carbonyl (C=O) groups excluding carboxylic acids is 1. The van der Waals surface area contributed by atoms with Crippen LogP contribution in [-0.2, 0) is 21.2 Å². The standard InChI is InChI=1S/C20H25ClN2O3S2/c1-2-18(15-7-6-8-16(21)13-15)22-19(24)14-17-9-10-20(27-17)28(25,26)23-11-4-3-5-12-23/h6-10,13,18H,2-5,11-12,14H2,1H3,(H,22,24). The molecule has 1 aliphatic rings. The highest BCUT2D eigenvalue weighted by Crippen LogP contribution is 2.27. The lowest BCUT2D eigenvalue weighted by Gasteiger charge is -2.25. The predicted octanol–water partition coefficient (Wildman–Crippen LogP) is 4.39. The van der Waals surface area contributed by atoms with Crippen LogP contribution in [0.15, 0.2) is 40.6 Å². The van der Waals surface area contributed by atoms with E-state index in [0.717, 1.165) is 36.1 Å². The maximum absolute atomic E-state index is 12.8. The Balaban J connectivity index is 1.65. The molecule has 1 atom stereocenters. The average Bonchev–Trinajstić information content (AvgIpc) is 3.16. The summed E-state index contributed by atoms with van der Waals surface area (Å²) in [6.45, 7) is 3.15. The number of nitrogens with zero attached hydrogens (tertiary/aromatic N) is 1. The van der Waals surface area contributed by atoms with Crippen molar-refractivity contribution in [2.75, 3.05) is 13.1 Å². The van der Waals surface area contributed by atoms with Gasteiger partial charge in [0.05, 0.1) is 12.5 Å². The van der Waals surface area contributed by atoms with Gasteiger partial charge in [-0.2, -0.15) is 4.31 Å². The zero-order chi connectivity index (χ0) is 20.1. The summed E-state index contributed by atoms with van der Waals surface area (Å²) in [4.78, 5) is 13.2. The fourth-order valence-electron chi connectivity index (χ4n) is 3.37. The molecule has 0 radical (unpaired) electrons. The molecule has 1 aliphatic heterocycles. The summed E-state index contributed by atoms with van der Waals surface area (Å²) in [5, 5.41) is 3.65. The van der Waals surface area contributed by atoms with E-state index in [4.69, 9.17) is 11.6 Å². The summed E-state index contributed by atoms with van der Waals surface area (Å²) >= 11 is 7.23. The van der Waals surface area contributed by atoms with Crippen LogP contribution in [0.3, 0.4) is 0 Å². The van der Waals surface area contributed by atoms with Crippen molar-refractivity contribution >= 4 is 38.9 Å². The second kappa shape index (κ2) is 9.39. The van der Waals surface area contributed by atoms with E-state index in [2.05, 4.69) is 5.32 Å². The van der Waals surface area contributed by atoms with Gasteiger partial charge in [0, 0.05) is 23.0 Å². The molecule has 2 aromatic rings. The van der Waals surface area contributed by atoms with Crippen molar-refractivity contribution in [2.24, 2.45) is 0 Å². The second-order valence-electron chi connectivity index (χ2n) is 6.95. The Labute approximate surface area is 175 Å². The molecule has 3 rings (SSSR count). The highest BCUT2D eigenvalue weighted by atomic mass is 35.5. The van der Waals surface area contributed by atoms with E-state index < -0.39 is 10.0 Å². The zero-order valence-corrected chi connectivity index (χ0v) is 18.2. The Morgan fingerprint density at radius 3 is 2.64 bits per heavy atom. The lowest BCUT2D eigenvalue weighted by atomic mass is 10.0. The molecule has 28 heavy (non-hydrogen) atoms. The summed E-state index contributed by atoms with van der Waals surface area (Å²) in [6, 6.07) is 10.7. The topological polar surface area (TPSA) is 66.5 Å².